The third kappa shape index (κ3) is 2.95. The Hall–Kier alpha value is -1.99. The molecule has 2 N–H and O–H groups in total. The maximum Gasteiger partial charge on any atom is 0.250 e. The molecule has 1 aliphatic rings. The van der Waals surface area contributed by atoms with Crippen LogP contribution in [0.5, 0.6) is 0 Å². The van der Waals surface area contributed by atoms with E-state index in [0.717, 1.165) is 17.9 Å². The highest BCUT2D eigenvalue weighted by Crippen LogP contribution is 2.17. The first-order valence-corrected chi connectivity index (χ1v) is 7.36. The third-order valence-corrected chi connectivity index (χ3v) is 3.82. The molecule has 0 unspecified atom stereocenters. The molecule has 2 aromatic rings. The van der Waals surface area contributed by atoms with Crippen LogP contribution in [0.1, 0.15) is 5.82 Å². The number of aromatic nitrogens is 2. The van der Waals surface area contributed by atoms with E-state index in [1.807, 2.05) is 17.7 Å². The lowest BCUT2D eigenvalue weighted by molar-refractivity contribution is -0.134. The summed E-state index contributed by atoms with van der Waals surface area (Å²) in [6.45, 7) is 2.29. The van der Waals surface area contributed by atoms with Gasteiger partial charge in [-0.25, -0.2) is 9.37 Å². The van der Waals surface area contributed by atoms with Crippen LogP contribution in [0.25, 0.3) is 11.0 Å². The van der Waals surface area contributed by atoms with Crippen molar-refractivity contribution in [3.63, 3.8) is 0 Å². The highest BCUT2D eigenvalue weighted by Gasteiger charge is 2.21. The number of fused-ring (bicyclic) bond motifs is 1. The van der Waals surface area contributed by atoms with Crippen molar-refractivity contribution < 1.29 is 13.9 Å². The van der Waals surface area contributed by atoms with Gasteiger partial charge in [0.25, 0.3) is 0 Å². The molecule has 0 bridgehead atoms. The molecule has 0 aliphatic carbocycles. The van der Waals surface area contributed by atoms with Crippen molar-refractivity contribution in [2.75, 3.05) is 26.2 Å². The Balaban J connectivity index is 1.61. The highest BCUT2D eigenvalue weighted by molar-refractivity contribution is 5.81. The minimum absolute atomic E-state index is 0.128. The molecule has 1 atom stereocenters. The number of nitrogens with zero attached hydrogens (tertiary/aromatic N) is 2. The van der Waals surface area contributed by atoms with E-state index in [2.05, 4.69) is 15.6 Å². The van der Waals surface area contributed by atoms with Crippen LogP contribution in [0.2, 0.25) is 0 Å². The summed E-state index contributed by atoms with van der Waals surface area (Å²) >= 11 is 0. The minimum Gasteiger partial charge on any atom is -0.366 e. The number of para-hydroxylation sites is 1. The number of aryl methyl sites for hydroxylation is 1. The summed E-state index contributed by atoms with van der Waals surface area (Å²) in [5.74, 6) is 0.283. The summed E-state index contributed by atoms with van der Waals surface area (Å²) in [5.41, 5.74) is 1.12. The molecule has 0 saturated carbocycles. The molecular formula is C15H19FN4O2. The monoisotopic (exact) mass is 306 g/mol. The van der Waals surface area contributed by atoms with Crippen LogP contribution in [-0.2, 0) is 23.0 Å². The Morgan fingerprint density at radius 3 is 3.18 bits per heavy atom. The summed E-state index contributed by atoms with van der Waals surface area (Å²) < 4.78 is 20.9. The Labute approximate surface area is 127 Å². The molecular weight excluding hydrogens is 287 g/mol. The SMILES string of the molecule is Cn1c(CCNC(=O)[C@H]2CNCCO2)nc2c(F)cccc21. The van der Waals surface area contributed by atoms with Gasteiger partial charge in [0.05, 0.1) is 12.1 Å². The van der Waals surface area contributed by atoms with Crippen LogP contribution >= 0.6 is 0 Å². The number of benzene rings is 1. The van der Waals surface area contributed by atoms with Crippen molar-refractivity contribution in [1.29, 1.82) is 0 Å². The number of carbonyl (C=O) groups is 1. The Bertz CT molecular complexity index is 679. The second-order valence-corrected chi connectivity index (χ2v) is 5.30. The van der Waals surface area contributed by atoms with Crippen LogP contribution < -0.4 is 10.6 Å². The van der Waals surface area contributed by atoms with Gasteiger partial charge in [0.2, 0.25) is 5.91 Å². The first-order chi connectivity index (χ1) is 10.7. The summed E-state index contributed by atoms with van der Waals surface area (Å²) in [4.78, 5) is 16.3. The molecule has 118 valence electrons. The van der Waals surface area contributed by atoms with Crippen molar-refractivity contribution in [2.24, 2.45) is 7.05 Å². The maximum absolute atomic E-state index is 13.7. The van der Waals surface area contributed by atoms with E-state index < -0.39 is 6.10 Å². The third-order valence-electron chi connectivity index (χ3n) is 3.82. The molecule has 22 heavy (non-hydrogen) atoms. The first kappa shape index (κ1) is 14.9. The van der Waals surface area contributed by atoms with Gasteiger partial charge in [-0.15, -0.1) is 0 Å². The molecule has 1 aliphatic heterocycles. The zero-order valence-corrected chi connectivity index (χ0v) is 12.4. The smallest absolute Gasteiger partial charge is 0.250 e. The molecule has 1 aromatic heterocycles. The van der Waals surface area contributed by atoms with Crippen LogP contribution in [0.4, 0.5) is 4.39 Å². The molecule has 7 heteroatoms. The molecule has 1 aromatic carbocycles. The number of rotatable bonds is 4. The second kappa shape index (κ2) is 6.41. The average Bonchev–Trinajstić information content (AvgIpc) is 2.86. The molecule has 1 fully saturated rings. The molecule has 1 saturated heterocycles. The van der Waals surface area contributed by atoms with Crippen LogP contribution in [0.3, 0.4) is 0 Å². The number of halogens is 1. The van der Waals surface area contributed by atoms with E-state index in [4.69, 9.17) is 4.74 Å². The van der Waals surface area contributed by atoms with Crippen molar-refractivity contribution in [1.82, 2.24) is 20.2 Å². The highest BCUT2D eigenvalue weighted by atomic mass is 19.1. The zero-order chi connectivity index (χ0) is 15.5. The molecule has 0 spiro atoms. The number of hydrogen-bond acceptors (Lipinski definition) is 4. The molecule has 1 amide bonds. The van der Waals surface area contributed by atoms with Gasteiger partial charge in [-0.1, -0.05) is 6.07 Å². The normalized spacial score (nSPS) is 18.5. The lowest BCUT2D eigenvalue weighted by Gasteiger charge is -2.22. The number of imidazole rings is 1. The predicted octanol–water partition coefficient (Wildman–Crippen LogP) is 0.359. The van der Waals surface area contributed by atoms with Crippen LogP contribution in [0.15, 0.2) is 18.2 Å². The lowest BCUT2D eigenvalue weighted by Crippen LogP contribution is -2.48. The van der Waals surface area contributed by atoms with E-state index in [9.17, 15) is 9.18 Å². The number of carbonyl (C=O) groups excluding carboxylic acids is 1. The van der Waals surface area contributed by atoms with Crippen LogP contribution in [0, 0.1) is 5.82 Å². The zero-order valence-electron chi connectivity index (χ0n) is 12.4. The van der Waals surface area contributed by atoms with Gasteiger partial charge in [0.15, 0.2) is 5.82 Å². The van der Waals surface area contributed by atoms with E-state index in [-0.39, 0.29) is 11.7 Å². The van der Waals surface area contributed by atoms with Crippen molar-refractivity contribution in [3.8, 4) is 0 Å². The summed E-state index contributed by atoms with van der Waals surface area (Å²) in [6.07, 6.45) is 0.0999. The predicted molar refractivity (Wildman–Crippen MR) is 80.0 cm³/mol. The average molecular weight is 306 g/mol. The summed E-state index contributed by atoms with van der Waals surface area (Å²) in [6, 6.07) is 4.89. The maximum atomic E-state index is 13.7. The van der Waals surface area contributed by atoms with E-state index >= 15 is 0 Å². The summed E-state index contributed by atoms with van der Waals surface area (Å²) in [7, 11) is 1.85. The fourth-order valence-electron chi connectivity index (χ4n) is 2.60. The number of nitrogens with one attached hydrogen (secondary N) is 2. The topological polar surface area (TPSA) is 68.2 Å². The van der Waals surface area contributed by atoms with Gasteiger partial charge < -0.3 is 19.9 Å². The fourth-order valence-corrected chi connectivity index (χ4v) is 2.60. The minimum atomic E-state index is -0.438. The standard InChI is InChI=1S/C15H19FN4O2/c1-20-11-4-2-3-10(16)14(11)19-13(20)5-6-18-15(21)12-9-17-7-8-22-12/h2-4,12,17H,5-9H2,1H3,(H,18,21)/t12-/m1/s1. The van der Waals surface area contributed by atoms with E-state index in [1.165, 1.54) is 6.07 Å². The largest absolute Gasteiger partial charge is 0.366 e. The van der Waals surface area contributed by atoms with Gasteiger partial charge in [0.1, 0.15) is 17.4 Å². The van der Waals surface area contributed by atoms with E-state index in [1.54, 1.807) is 6.07 Å². The van der Waals surface area contributed by atoms with Crippen LogP contribution in [-0.4, -0.2) is 47.8 Å². The van der Waals surface area contributed by atoms with Gasteiger partial charge in [-0.2, -0.15) is 0 Å². The molecule has 3 rings (SSSR count). The Morgan fingerprint density at radius 1 is 1.59 bits per heavy atom. The first-order valence-electron chi connectivity index (χ1n) is 7.36. The number of ether oxygens (including phenoxy) is 1. The Kier molecular flexibility index (Phi) is 4.35. The van der Waals surface area contributed by atoms with Gasteiger partial charge >= 0.3 is 0 Å². The lowest BCUT2D eigenvalue weighted by atomic mass is 10.3. The quantitative estimate of drug-likeness (QED) is 0.856. The van der Waals surface area contributed by atoms with Gasteiger partial charge in [0, 0.05) is 33.1 Å². The van der Waals surface area contributed by atoms with Crippen molar-refractivity contribution in [3.05, 3.63) is 29.8 Å². The van der Waals surface area contributed by atoms with Gasteiger partial charge in [-0.3, -0.25) is 4.79 Å². The number of amides is 1. The molecule has 0 radical (unpaired) electrons. The Morgan fingerprint density at radius 2 is 2.45 bits per heavy atom. The van der Waals surface area contributed by atoms with Gasteiger partial charge in [-0.05, 0) is 12.1 Å². The summed E-state index contributed by atoms with van der Waals surface area (Å²) in [5, 5.41) is 5.95. The van der Waals surface area contributed by atoms with Crippen molar-refractivity contribution in [2.45, 2.75) is 12.5 Å². The van der Waals surface area contributed by atoms with Crippen molar-refractivity contribution >= 4 is 16.9 Å². The fraction of sp³-hybridized carbons (Fsp3) is 0.467. The van der Waals surface area contributed by atoms with E-state index in [0.29, 0.717) is 31.6 Å². The number of morpholine rings is 1. The molecule has 6 nitrogen and oxygen atoms in total. The second-order valence-electron chi connectivity index (χ2n) is 5.30. The molecule has 2 heterocycles. The number of hydrogen-bond donors (Lipinski definition) is 2.